The predicted octanol–water partition coefficient (Wildman–Crippen LogP) is 5.73. The van der Waals surface area contributed by atoms with Crippen LogP contribution in [0, 0.1) is 0 Å². The van der Waals surface area contributed by atoms with Crippen LogP contribution in [0.2, 0.25) is 0 Å². The maximum absolute atomic E-state index is 5.68. The second-order valence-corrected chi connectivity index (χ2v) is 6.11. The topological polar surface area (TPSA) is 35.0 Å². The molecule has 0 aromatic carbocycles. The SMILES string of the molecule is CCCCCCCCCOc1nccc(CCCCCC)n1. The van der Waals surface area contributed by atoms with Crippen LogP contribution in [0.3, 0.4) is 0 Å². The van der Waals surface area contributed by atoms with E-state index in [1.165, 1.54) is 64.2 Å². The molecule has 0 unspecified atom stereocenters. The fourth-order valence-corrected chi connectivity index (χ4v) is 2.54. The summed E-state index contributed by atoms with van der Waals surface area (Å²) in [6, 6.07) is 2.56. The summed E-state index contributed by atoms with van der Waals surface area (Å²) in [7, 11) is 0. The summed E-state index contributed by atoms with van der Waals surface area (Å²) >= 11 is 0. The van der Waals surface area contributed by atoms with Gasteiger partial charge in [-0.25, -0.2) is 9.97 Å². The highest BCUT2D eigenvalue weighted by molar-refractivity contribution is 5.05. The second kappa shape index (κ2) is 13.5. The molecule has 0 aliphatic carbocycles. The Morgan fingerprint density at radius 2 is 1.45 bits per heavy atom. The first-order valence-electron chi connectivity index (χ1n) is 9.31. The summed E-state index contributed by atoms with van der Waals surface area (Å²) in [5.74, 6) is 0. The third-order valence-electron chi connectivity index (χ3n) is 3.96. The van der Waals surface area contributed by atoms with E-state index in [1.807, 2.05) is 12.3 Å². The third-order valence-corrected chi connectivity index (χ3v) is 3.96. The molecule has 126 valence electrons. The Bertz CT molecular complexity index is 368. The number of aromatic nitrogens is 2. The largest absolute Gasteiger partial charge is 0.463 e. The van der Waals surface area contributed by atoms with Gasteiger partial charge in [0.15, 0.2) is 0 Å². The minimum Gasteiger partial charge on any atom is -0.463 e. The van der Waals surface area contributed by atoms with Gasteiger partial charge in [0.1, 0.15) is 0 Å². The van der Waals surface area contributed by atoms with Gasteiger partial charge in [-0.15, -0.1) is 0 Å². The standard InChI is InChI=1S/C19H34N2O/c1-3-5-7-9-10-11-13-17-22-19-20-16-15-18(21-19)14-12-8-6-4-2/h15-16H,3-14,17H2,1-2H3. The molecule has 0 saturated heterocycles. The van der Waals surface area contributed by atoms with Crippen LogP contribution in [0.25, 0.3) is 0 Å². The molecule has 3 heteroatoms. The highest BCUT2D eigenvalue weighted by Gasteiger charge is 2.01. The number of hydrogen-bond acceptors (Lipinski definition) is 3. The smallest absolute Gasteiger partial charge is 0.316 e. The molecule has 0 atom stereocenters. The Hall–Kier alpha value is -1.12. The molecule has 1 aromatic rings. The van der Waals surface area contributed by atoms with Crippen LogP contribution in [0.5, 0.6) is 6.01 Å². The average molecular weight is 306 g/mol. The molecule has 0 aliphatic heterocycles. The average Bonchev–Trinajstić information content (AvgIpc) is 2.54. The molecule has 22 heavy (non-hydrogen) atoms. The first-order valence-corrected chi connectivity index (χ1v) is 9.31. The van der Waals surface area contributed by atoms with Crippen LogP contribution in [0.15, 0.2) is 12.3 Å². The highest BCUT2D eigenvalue weighted by atomic mass is 16.5. The molecule has 3 nitrogen and oxygen atoms in total. The number of aryl methyl sites for hydroxylation is 1. The van der Waals surface area contributed by atoms with Crippen molar-refractivity contribution in [3.8, 4) is 6.01 Å². The monoisotopic (exact) mass is 306 g/mol. The fourth-order valence-electron chi connectivity index (χ4n) is 2.54. The summed E-state index contributed by atoms with van der Waals surface area (Å²) in [6.07, 6.45) is 17.0. The van der Waals surface area contributed by atoms with Crippen molar-refractivity contribution in [1.29, 1.82) is 0 Å². The third kappa shape index (κ3) is 9.75. The zero-order valence-corrected chi connectivity index (χ0v) is 14.6. The summed E-state index contributed by atoms with van der Waals surface area (Å²) in [6.45, 7) is 5.24. The molecule has 0 spiro atoms. The van der Waals surface area contributed by atoms with Crippen molar-refractivity contribution in [2.75, 3.05) is 6.61 Å². The summed E-state index contributed by atoms with van der Waals surface area (Å²) < 4.78 is 5.68. The van der Waals surface area contributed by atoms with Crippen LogP contribution in [0.1, 0.15) is 90.2 Å². The van der Waals surface area contributed by atoms with Gasteiger partial charge in [0.2, 0.25) is 0 Å². The summed E-state index contributed by atoms with van der Waals surface area (Å²) in [5.41, 5.74) is 1.11. The fraction of sp³-hybridized carbons (Fsp3) is 0.789. The van der Waals surface area contributed by atoms with Crippen molar-refractivity contribution in [3.05, 3.63) is 18.0 Å². The molecule has 0 saturated carbocycles. The van der Waals surface area contributed by atoms with Crippen molar-refractivity contribution in [1.82, 2.24) is 9.97 Å². The Morgan fingerprint density at radius 3 is 2.18 bits per heavy atom. The molecule has 0 fully saturated rings. The Labute approximate surface area is 136 Å². The second-order valence-electron chi connectivity index (χ2n) is 6.11. The first-order chi connectivity index (χ1) is 10.9. The summed E-state index contributed by atoms with van der Waals surface area (Å²) in [5, 5.41) is 0. The van der Waals surface area contributed by atoms with E-state index in [1.54, 1.807) is 0 Å². The number of nitrogens with zero attached hydrogens (tertiary/aromatic N) is 2. The van der Waals surface area contributed by atoms with Crippen LogP contribution >= 0.6 is 0 Å². The van der Waals surface area contributed by atoms with Crippen molar-refractivity contribution < 1.29 is 4.74 Å². The molecular weight excluding hydrogens is 272 g/mol. The Balaban J connectivity index is 2.09. The van der Waals surface area contributed by atoms with Crippen LogP contribution in [0.4, 0.5) is 0 Å². The molecular formula is C19H34N2O. The minimum absolute atomic E-state index is 0.555. The van der Waals surface area contributed by atoms with Gasteiger partial charge in [0, 0.05) is 11.9 Å². The minimum atomic E-state index is 0.555. The number of unbranched alkanes of at least 4 members (excludes halogenated alkanes) is 9. The number of ether oxygens (including phenoxy) is 1. The van der Waals surface area contributed by atoms with Crippen molar-refractivity contribution in [3.63, 3.8) is 0 Å². The van der Waals surface area contributed by atoms with Gasteiger partial charge in [-0.1, -0.05) is 71.6 Å². The van der Waals surface area contributed by atoms with E-state index < -0.39 is 0 Å². The van der Waals surface area contributed by atoms with Gasteiger partial charge in [0.25, 0.3) is 0 Å². The van der Waals surface area contributed by atoms with E-state index in [9.17, 15) is 0 Å². The van der Waals surface area contributed by atoms with Crippen molar-refractivity contribution in [2.24, 2.45) is 0 Å². The lowest BCUT2D eigenvalue weighted by Gasteiger charge is -2.06. The lowest BCUT2D eigenvalue weighted by atomic mass is 10.1. The van der Waals surface area contributed by atoms with Gasteiger partial charge in [0.05, 0.1) is 6.61 Å². The molecule has 0 N–H and O–H groups in total. The highest BCUT2D eigenvalue weighted by Crippen LogP contribution is 2.10. The molecule has 1 heterocycles. The van der Waals surface area contributed by atoms with Gasteiger partial charge in [-0.3, -0.25) is 0 Å². The predicted molar refractivity (Wildman–Crippen MR) is 93.4 cm³/mol. The molecule has 0 radical (unpaired) electrons. The van der Waals surface area contributed by atoms with E-state index >= 15 is 0 Å². The van der Waals surface area contributed by atoms with E-state index in [2.05, 4.69) is 23.8 Å². The van der Waals surface area contributed by atoms with E-state index in [-0.39, 0.29) is 0 Å². The first kappa shape index (κ1) is 18.9. The zero-order chi connectivity index (χ0) is 15.9. The van der Waals surface area contributed by atoms with Crippen molar-refractivity contribution in [2.45, 2.75) is 90.9 Å². The van der Waals surface area contributed by atoms with Crippen LogP contribution < -0.4 is 4.74 Å². The van der Waals surface area contributed by atoms with Gasteiger partial charge < -0.3 is 4.74 Å². The lowest BCUT2D eigenvalue weighted by molar-refractivity contribution is 0.280. The van der Waals surface area contributed by atoms with Crippen molar-refractivity contribution >= 4 is 0 Å². The quantitative estimate of drug-likeness (QED) is 0.412. The van der Waals surface area contributed by atoms with E-state index in [0.29, 0.717) is 6.01 Å². The zero-order valence-electron chi connectivity index (χ0n) is 14.6. The summed E-state index contributed by atoms with van der Waals surface area (Å²) in [4.78, 5) is 8.70. The van der Waals surface area contributed by atoms with Crippen LogP contribution in [-0.2, 0) is 6.42 Å². The van der Waals surface area contributed by atoms with Gasteiger partial charge in [-0.05, 0) is 25.3 Å². The number of rotatable bonds is 14. The Morgan fingerprint density at radius 1 is 0.818 bits per heavy atom. The maximum atomic E-state index is 5.68. The van der Waals surface area contributed by atoms with Gasteiger partial charge >= 0.3 is 6.01 Å². The van der Waals surface area contributed by atoms with Gasteiger partial charge in [-0.2, -0.15) is 0 Å². The molecule has 0 amide bonds. The molecule has 0 bridgehead atoms. The van der Waals surface area contributed by atoms with Crippen LogP contribution in [-0.4, -0.2) is 16.6 Å². The maximum Gasteiger partial charge on any atom is 0.316 e. The lowest BCUT2D eigenvalue weighted by Crippen LogP contribution is -2.03. The number of hydrogen-bond donors (Lipinski definition) is 0. The van der Waals surface area contributed by atoms with E-state index in [4.69, 9.17) is 4.74 Å². The molecule has 1 rings (SSSR count). The molecule has 0 aliphatic rings. The normalized spacial score (nSPS) is 10.8. The van der Waals surface area contributed by atoms with E-state index in [0.717, 1.165) is 25.1 Å². The Kier molecular flexibility index (Phi) is 11.6. The molecule has 1 aromatic heterocycles.